The summed E-state index contributed by atoms with van der Waals surface area (Å²) in [4.78, 5) is 21.9. The van der Waals surface area contributed by atoms with Gasteiger partial charge in [-0.3, -0.25) is 0 Å². The van der Waals surface area contributed by atoms with Crippen LogP contribution in [0.25, 0.3) is 11.3 Å². The Bertz CT molecular complexity index is 1590. The molecule has 1 aliphatic heterocycles. The van der Waals surface area contributed by atoms with Gasteiger partial charge in [0.15, 0.2) is 11.5 Å². The number of rotatable bonds is 8. The summed E-state index contributed by atoms with van der Waals surface area (Å²) in [5.41, 5.74) is 5.65. The number of ether oxygens (including phenoxy) is 2. The second-order valence-corrected chi connectivity index (χ2v) is 10.6. The highest BCUT2D eigenvalue weighted by molar-refractivity contribution is 5.65. The van der Waals surface area contributed by atoms with E-state index in [1.807, 2.05) is 47.9 Å². The summed E-state index contributed by atoms with van der Waals surface area (Å²) >= 11 is 0. The molecular weight excluding hydrogens is 490 g/mol. The molecule has 0 radical (unpaired) electrons. The molecule has 1 saturated heterocycles. The smallest absolute Gasteiger partial charge is 0.264 e. The van der Waals surface area contributed by atoms with E-state index < -0.39 is 0 Å². The summed E-state index contributed by atoms with van der Waals surface area (Å²) in [6.07, 6.45) is 10.1. The Morgan fingerprint density at radius 3 is 2.36 bits per heavy atom. The maximum Gasteiger partial charge on any atom is 0.264 e. The third-order valence-electron chi connectivity index (χ3n) is 7.23. The summed E-state index contributed by atoms with van der Waals surface area (Å²) in [6, 6.07) is 9.73. The second-order valence-electron chi connectivity index (χ2n) is 10.6. The Balaban J connectivity index is 1.26. The number of anilines is 1. The third kappa shape index (κ3) is 5.31. The number of hydrogen-bond acceptors (Lipinski definition) is 7. The van der Waals surface area contributed by atoms with Crippen LogP contribution in [-0.4, -0.2) is 55.0 Å². The quantitative estimate of drug-likeness (QED) is 0.262. The predicted molar refractivity (Wildman–Crippen MR) is 151 cm³/mol. The molecule has 202 valence electrons. The monoisotopic (exact) mass is 525 g/mol. The van der Waals surface area contributed by atoms with E-state index in [1.165, 1.54) is 0 Å². The highest BCUT2D eigenvalue weighted by atomic mass is 16.5. The first-order valence-corrected chi connectivity index (χ1v) is 13.7. The second kappa shape index (κ2) is 10.6. The first-order valence-electron chi connectivity index (χ1n) is 13.7. The van der Waals surface area contributed by atoms with Gasteiger partial charge in [-0.25, -0.2) is 19.9 Å². The molecule has 1 fully saturated rings. The van der Waals surface area contributed by atoms with E-state index in [2.05, 4.69) is 53.6 Å². The number of para-hydroxylation sites is 1. The maximum atomic E-state index is 6.17. The Morgan fingerprint density at radius 1 is 0.846 bits per heavy atom. The van der Waals surface area contributed by atoms with Crippen molar-refractivity contribution in [2.45, 2.75) is 52.4 Å². The van der Waals surface area contributed by atoms with Crippen LogP contribution in [0.2, 0.25) is 0 Å². The number of hydrogen-bond donors (Lipinski definition) is 0. The number of fused-ring (bicyclic) bond motifs is 2. The van der Waals surface area contributed by atoms with E-state index in [0.29, 0.717) is 25.0 Å². The van der Waals surface area contributed by atoms with E-state index >= 15 is 0 Å². The molecule has 1 aromatic carbocycles. The molecular formula is C30H35N7O2. The molecule has 39 heavy (non-hydrogen) atoms. The molecule has 0 bridgehead atoms. The van der Waals surface area contributed by atoms with Crippen LogP contribution in [0.4, 0.5) is 5.82 Å². The summed E-state index contributed by atoms with van der Waals surface area (Å²) in [7, 11) is 0. The molecule has 1 unspecified atom stereocenters. The van der Waals surface area contributed by atoms with Gasteiger partial charge in [-0.1, -0.05) is 39.0 Å². The van der Waals surface area contributed by atoms with Crippen LogP contribution in [0.3, 0.4) is 0 Å². The number of imidazole rings is 2. The number of nitrogens with zero attached hydrogens (tertiary/aromatic N) is 7. The largest absolute Gasteiger partial charge is 0.436 e. The van der Waals surface area contributed by atoms with E-state index in [0.717, 1.165) is 71.6 Å². The van der Waals surface area contributed by atoms with Crippen LogP contribution in [-0.2, 0) is 11.2 Å². The minimum absolute atomic E-state index is 0.197. The zero-order valence-electron chi connectivity index (χ0n) is 23.0. The average molecular weight is 526 g/mol. The van der Waals surface area contributed by atoms with Gasteiger partial charge in [0.05, 0.1) is 36.0 Å². The van der Waals surface area contributed by atoms with Gasteiger partial charge in [-0.05, 0) is 37.8 Å². The van der Waals surface area contributed by atoms with Crippen molar-refractivity contribution < 1.29 is 9.47 Å². The molecule has 5 aromatic rings. The van der Waals surface area contributed by atoms with Gasteiger partial charge in [0.1, 0.15) is 5.75 Å². The summed E-state index contributed by atoms with van der Waals surface area (Å²) in [5, 5.41) is 0. The van der Waals surface area contributed by atoms with Crippen LogP contribution in [0.5, 0.6) is 11.6 Å². The van der Waals surface area contributed by atoms with E-state index in [-0.39, 0.29) is 5.92 Å². The van der Waals surface area contributed by atoms with Crippen molar-refractivity contribution in [1.29, 1.82) is 0 Å². The molecule has 9 heteroatoms. The lowest BCUT2D eigenvalue weighted by atomic mass is 10.0. The minimum Gasteiger partial charge on any atom is -0.436 e. The molecule has 0 N–H and O–H groups in total. The van der Waals surface area contributed by atoms with Gasteiger partial charge in [0.2, 0.25) is 5.65 Å². The zero-order chi connectivity index (χ0) is 26.9. The van der Waals surface area contributed by atoms with Crippen molar-refractivity contribution >= 4 is 17.1 Å². The highest BCUT2D eigenvalue weighted by Gasteiger charge is 2.21. The molecule has 0 spiro atoms. The Labute approximate surface area is 228 Å². The molecule has 4 aromatic heterocycles. The first-order chi connectivity index (χ1) is 18.9. The fraction of sp³-hybridized carbons (Fsp3) is 0.400. The lowest BCUT2D eigenvalue weighted by Crippen LogP contribution is -2.37. The van der Waals surface area contributed by atoms with Crippen LogP contribution < -0.4 is 9.64 Å². The Kier molecular flexibility index (Phi) is 6.91. The zero-order valence-corrected chi connectivity index (χ0v) is 23.0. The summed E-state index contributed by atoms with van der Waals surface area (Å²) < 4.78 is 15.9. The highest BCUT2D eigenvalue weighted by Crippen LogP contribution is 2.29. The summed E-state index contributed by atoms with van der Waals surface area (Å²) in [6.45, 7) is 11.6. The van der Waals surface area contributed by atoms with Gasteiger partial charge in [-0.15, -0.1) is 0 Å². The third-order valence-corrected chi connectivity index (χ3v) is 7.23. The molecule has 1 atom stereocenters. The lowest BCUT2D eigenvalue weighted by Gasteiger charge is -2.28. The van der Waals surface area contributed by atoms with Crippen molar-refractivity contribution in [2.75, 3.05) is 31.2 Å². The lowest BCUT2D eigenvalue weighted by molar-refractivity contribution is 0.122. The standard InChI is InChI=1S/C30H35N7O2/c1-20(2)25-18-37-17-23(32-27(37)28(33-25)35-12-14-38-15-13-35)11-10-21(3)26-19-36-16-22(4)31-29(36)30(34-26)39-24-8-6-5-7-9-24/h5-9,16-21H,10-15H2,1-4H3. The molecule has 1 aliphatic rings. The van der Waals surface area contributed by atoms with Crippen LogP contribution >= 0.6 is 0 Å². The van der Waals surface area contributed by atoms with Gasteiger partial charge < -0.3 is 23.2 Å². The van der Waals surface area contributed by atoms with Crippen LogP contribution in [0.1, 0.15) is 61.8 Å². The molecule has 6 rings (SSSR count). The molecule has 9 nitrogen and oxygen atoms in total. The SMILES string of the molecule is Cc1cn2cc(C(C)CCc3cn4cc(C(C)C)nc(N5CCOCC5)c4n3)nc(Oc3ccccc3)c2n1. The topological polar surface area (TPSA) is 82.1 Å². The number of aromatic nitrogens is 6. The van der Waals surface area contributed by atoms with Crippen molar-refractivity contribution in [3.05, 3.63) is 77.9 Å². The van der Waals surface area contributed by atoms with E-state index in [4.69, 9.17) is 24.4 Å². The van der Waals surface area contributed by atoms with E-state index in [1.54, 1.807) is 0 Å². The normalized spacial score (nSPS) is 14.9. The van der Waals surface area contributed by atoms with Crippen LogP contribution in [0.15, 0.2) is 55.1 Å². The molecule has 5 heterocycles. The molecule has 0 saturated carbocycles. The van der Waals surface area contributed by atoms with Gasteiger partial charge in [-0.2, -0.15) is 0 Å². The van der Waals surface area contributed by atoms with Gasteiger partial charge >= 0.3 is 0 Å². The summed E-state index contributed by atoms with van der Waals surface area (Å²) in [5.74, 6) is 2.75. The number of benzene rings is 1. The van der Waals surface area contributed by atoms with Gasteiger partial charge in [0.25, 0.3) is 5.88 Å². The number of morpholine rings is 1. The van der Waals surface area contributed by atoms with Crippen LogP contribution in [0, 0.1) is 6.92 Å². The Hall–Kier alpha value is -3.98. The maximum absolute atomic E-state index is 6.17. The van der Waals surface area contributed by atoms with E-state index in [9.17, 15) is 0 Å². The average Bonchev–Trinajstić information content (AvgIpc) is 3.54. The first kappa shape index (κ1) is 25.3. The van der Waals surface area contributed by atoms with Crippen molar-refractivity contribution in [1.82, 2.24) is 28.7 Å². The fourth-order valence-corrected chi connectivity index (χ4v) is 4.97. The van der Waals surface area contributed by atoms with Gasteiger partial charge in [0, 0.05) is 43.8 Å². The van der Waals surface area contributed by atoms with Crippen molar-refractivity contribution in [3.8, 4) is 11.6 Å². The van der Waals surface area contributed by atoms with Crippen molar-refractivity contribution in [2.24, 2.45) is 0 Å². The van der Waals surface area contributed by atoms with Crippen molar-refractivity contribution in [3.63, 3.8) is 0 Å². The molecule has 0 aliphatic carbocycles. The minimum atomic E-state index is 0.197. The predicted octanol–water partition coefficient (Wildman–Crippen LogP) is 5.57. The number of aryl methyl sites for hydroxylation is 2. The fourth-order valence-electron chi connectivity index (χ4n) is 4.97. The Morgan fingerprint density at radius 2 is 1.59 bits per heavy atom. The molecule has 0 amide bonds.